The molecule has 2 heterocycles. The van der Waals surface area contributed by atoms with Crippen LogP contribution in [0.2, 0.25) is 0 Å². The minimum atomic E-state index is -0.347. The van der Waals surface area contributed by atoms with Crippen LogP contribution in [0.5, 0.6) is 0 Å². The summed E-state index contributed by atoms with van der Waals surface area (Å²) in [6.45, 7) is 7.87. The maximum atomic E-state index is 11.7. The molecule has 0 bridgehead atoms. The van der Waals surface area contributed by atoms with Crippen LogP contribution in [0.1, 0.15) is 27.7 Å². The van der Waals surface area contributed by atoms with Crippen molar-refractivity contribution in [3.05, 3.63) is 11.8 Å². The summed E-state index contributed by atoms with van der Waals surface area (Å²) < 4.78 is 10.4. The molecule has 0 aromatic heterocycles. The van der Waals surface area contributed by atoms with Crippen molar-refractivity contribution in [3.8, 4) is 0 Å². The fraction of sp³-hybridized carbons (Fsp3) is 0.667. The molecule has 0 N–H and O–H groups in total. The van der Waals surface area contributed by atoms with Crippen molar-refractivity contribution in [2.45, 2.75) is 40.0 Å². The van der Waals surface area contributed by atoms with Gasteiger partial charge in [0.05, 0.1) is 6.54 Å². The first-order chi connectivity index (χ1) is 7.79. The normalized spacial score (nSPS) is 27.6. The Labute approximate surface area is 100 Å². The predicted molar refractivity (Wildman–Crippen MR) is 59.7 cm³/mol. The molecule has 0 aliphatic carbocycles. The van der Waals surface area contributed by atoms with Crippen molar-refractivity contribution >= 4 is 11.9 Å². The fourth-order valence-electron chi connectivity index (χ4n) is 2.18. The van der Waals surface area contributed by atoms with Gasteiger partial charge in [-0.3, -0.25) is 4.79 Å². The molecule has 0 saturated carbocycles. The lowest BCUT2D eigenvalue weighted by atomic mass is 9.93. The molecule has 1 saturated heterocycles. The van der Waals surface area contributed by atoms with Crippen LogP contribution < -0.4 is 0 Å². The summed E-state index contributed by atoms with van der Waals surface area (Å²) in [6.07, 6.45) is 1.03. The fourth-order valence-corrected chi connectivity index (χ4v) is 2.18. The molecule has 0 radical (unpaired) electrons. The van der Waals surface area contributed by atoms with Crippen LogP contribution in [0.4, 0.5) is 0 Å². The smallest absolute Gasteiger partial charge is 0.356 e. The van der Waals surface area contributed by atoms with E-state index in [0.717, 1.165) is 0 Å². The number of nitrogens with zero attached hydrogens (tertiary/aromatic N) is 1. The highest BCUT2D eigenvalue weighted by atomic mass is 16.6. The Bertz CT molecular complexity index is 394. The summed E-state index contributed by atoms with van der Waals surface area (Å²) in [7, 11) is 0. The molecule has 1 fully saturated rings. The van der Waals surface area contributed by atoms with Gasteiger partial charge in [0.15, 0.2) is 6.23 Å². The standard InChI is InChI=1S/C12H17NO4/c1-7(14)16-8-5-9-10(15)17-11(12(2,3)4)13(9)6-8/h5,8,11H,6H2,1-4H3. The highest BCUT2D eigenvalue weighted by Crippen LogP contribution is 2.37. The number of cyclic esters (lactones) is 1. The van der Waals surface area contributed by atoms with E-state index in [-0.39, 0.29) is 29.7 Å². The lowest BCUT2D eigenvalue weighted by molar-refractivity contribution is -0.151. The summed E-state index contributed by atoms with van der Waals surface area (Å²) in [5, 5.41) is 0. The molecule has 2 rings (SSSR count). The highest BCUT2D eigenvalue weighted by Gasteiger charge is 2.47. The van der Waals surface area contributed by atoms with Gasteiger partial charge in [-0.1, -0.05) is 20.8 Å². The van der Waals surface area contributed by atoms with Crippen molar-refractivity contribution in [2.75, 3.05) is 6.54 Å². The van der Waals surface area contributed by atoms with Crippen LogP contribution in [0.25, 0.3) is 0 Å². The van der Waals surface area contributed by atoms with Crippen molar-refractivity contribution in [3.63, 3.8) is 0 Å². The summed E-state index contributed by atoms with van der Waals surface area (Å²) in [5.74, 6) is -0.673. The monoisotopic (exact) mass is 239 g/mol. The Balaban J connectivity index is 2.17. The highest BCUT2D eigenvalue weighted by molar-refractivity contribution is 5.90. The topological polar surface area (TPSA) is 55.8 Å². The number of esters is 2. The minimum Gasteiger partial charge on any atom is -0.456 e. The van der Waals surface area contributed by atoms with Gasteiger partial charge in [0.25, 0.3) is 0 Å². The van der Waals surface area contributed by atoms with E-state index in [4.69, 9.17) is 9.47 Å². The molecule has 17 heavy (non-hydrogen) atoms. The van der Waals surface area contributed by atoms with Gasteiger partial charge in [-0.05, 0) is 6.08 Å². The lowest BCUT2D eigenvalue weighted by Gasteiger charge is -2.32. The zero-order valence-corrected chi connectivity index (χ0v) is 10.5. The third-order valence-corrected chi connectivity index (χ3v) is 2.80. The van der Waals surface area contributed by atoms with Crippen LogP contribution in [0.15, 0.2) is 11.8 Å². The SMILES string of the molecule is CC(=O)OC1C=C2C(=O)OC(C(C)(C)C)N2C1. The van der Waals surface area contributed by atoms with Crippen molar-refractivity contribution in [1.82, 2.24) is 4.90 Å². The van der Waals surface area contributed by atoms with E-state index in [1.165, 1.54) is 6.92 Å². The number of fused-ring (bicyclic) bond motifs is 1. The predicted octanol–water partition coefficient (Wildman–Crippen LogP) is 1.05. The van der Waals surface area contributed by atoms with Gasteiger partial charge >= 0.3 is 11.9 Å². The van der Waals surface area contributed by atoms with Gasteiger partial charge in [-0.2, -0.15) is 0 Å². The maximum absolute atomic E-state index is 11.7. The zero-order valence-electron chi connectivity index (χ0n) is 10.5. The van der Waals surface area contributed by atoms with Crippen LogP contribution in [-0.4, -0.2) is 35.7 Å². The zero-order chi connectivity index (χ0) is 12.8. The van der Waals surface area contributed by atoms with E-state index < -0.39 is 0 Å². The van der Waals surface area contributed by atoms with Crippen LogP contribution in [0, 0.1) is 5.41 Å². The molecule has 0 aromatic rings. The summed E-state index contributed by atoms with van der Waals surface area (Å²) >= 11 is 0. The molecule has 5 heteroatoms. The van der Waals surface area contributed by atoms with Crippen LogP contribution in [0.3, 0.4) is 0 Å². The van der Waals surface area contributed by atoms with Crippen LogP contribution >= 0.6 is 0 Å². The molecule has 94 valence electrons. The number of ether oxygens (including phenoxy) is 2. The van der Waals surface area contributed by atoms with Gasteiger partial charge in [-0.25, -0.2) is 4.79 Å². The molecule has 2 atom stereocenters. The third kappa shape index (κ3) is 2.14. The van der Waals surface area contributed by atoms with E-state index in [9.17, 15) is 9.59 Å². The Morgan fingerprint density at radius 2 is 2.18 bits per heavy atom. The third-order valence-electron chi connectivity index (χ3n) is 2.80. The second kappa shape index (κ2) is 3.75. The maximum Gasteiger partial charge on any atom is 0.356 e. The summed E-state index contributed by atoms with van der Waals surface area (Å²) in [4.78, 5) is 24.4. The molecule has 2 aliphatic rings. The number of rotatable bonds is 1. The second-order valence-corrected chi connectivity index (χ2v) is 5.48. The molecule has 2 aliphatic heterocycles. The van der Waals surface area contributed by atoms with Gasteiger partial charge in [0, 0.05) is 12.3 Å². The van der Waals surface area contributed by atoms with Crippen molar-refractivity contribution < 1.29 is 19.1 Å². The Morgan fingerprint density at radius 3 is 2.71 bits per heavy atom. The molecular formula is C12H17NO4. The number of carbonyl (C=O) groups excluding carboxylic acids is 2. The van der Waals surface area contributed by atoms with Gasteiger partial charge < -0.3 is 14.4 Å². The van der Waals surface area contributed by atoms with E-state index in [2.05, 4.69) is 0 Å². The molecule has 0 amide bonds. The lowest BCUT2D eigenvalue weighted by Crippen LogP contribution is -2.40. The second-order valence-electron chi connectivity index (χ2n) is 5.48. The van der Waals surface area contributed by atoms with Crippen molar-refractivity contribution in [1.29, 1.82) is 0 Å². The Kier molecular flexibility index (Phi) is 2.64. The molecule has 0 aromatic carbocycles. The molecule has 0 spiro atoms. The number of hydrogen-bond donors (Lipinski definition) is 0. The average Bonchev–Trinajstić information content (AvgIpc) is 2.64. The Hall–Kier alpha value is -1.52. The van der Waals surface area contributed by atoms with E-state index in [0.29, 0.717) is 12.2 Å². The van der Waals surface area contributed by atoms with Crippen molar-refractivity contribution in [2.24, 2.45) is 5.41 Å². The number of hydrogen-bond acceptors (Lipinski definition) is 5. The largest absolute Gasteiger partial charge is 0.456 e. The van der Waals surface area contributed by atoms with E-state index in [1.807, 2.05) is 25.7 Å². The summed E-state index contributed by atoms with van der Waals surface area (Å²) in [5.41, 5.74) is 0.340. The van der Waals surface area contributed by atoms with Crippen LogP contribution in [-0.2, 0) is 19.1 Å². The molecule has 2 unspecified atom stereocenters. The average molecular weight is 239 g/mol. The van der Waals surface area contributed by atoms with E-state index in [1.54, 1.807) is 6.08 Å². The quantitative estimate of drug-likeness (QED) is 0.640. The minimum absolute atomic E-state index is 0.170. The first-order valence-corrected chi connectivity index (χ1v) is 5.65. The molecular weight excluding hydrogens is 222 g/mol. The molecule has 5 nitrogen and oxygen atoms in total. The number of carbonyl (C=O) groups is 2. The van der Waals surface area contributed by atoms with E-state index >= 15 is 0 Å². The van der Waals surface area contributed by atoms with Gasteiger partial charge in [0.2, 0.25) is 0 Å². The van der Waals surface area contributed by atoms with Gasteiger partial charge in [0.1, 0.15) is 11.8 Å². The first-order valence-electron chi connectivity index (χ1n) is 5.65. The first kappa shape index (κ1) is 12.0. The Morgan fingerprint density at radius 1 is 1.53 bits per heavy atom. The van der Waals surface area contributed by atoms with Gasteiger partial charge in [-0.15, -0.1) is 0 Å². The summed E-state index contributed by atoms with van der Waals surface area (Å²) in [6, 6.07) is 0.